The molecule has 0 saturated carbocycles. The van der Waals surface area contributed by atoms with E-state index in [-0.39, 0.29) is 6.61 Å². The lowest BCUT2D eigenvalue weighted by Crippen LogP contribution is -2.06. The second-order valence-corrected chi connectivity index (χ2v) is 6.00. The fraction of sp³-hybridized carbons (Fsp3) is 0.0952. The lowest BCUT2D eigenvalue weighted by atomic mass is 10.2. The van der Waals surface area contributed by atoms with Crippen LogP contribution in [0.5, 0.6) is 11.5 Å². The van der Waals surface area contributed by atoms with Crippen LogP contribution in [0, 0.1) is 0 Å². The summed E-state index contributed by atoms with van der Waals surface area (Å²) in [5, 5.41) is 0.787. The number of carbonyl (C=O) groups is 1. The first-order chi connectivity index (χ1) is 12.3. The van der Waals surface area contributed by atoms with Crippen molar-refractivity contribution in [2.45, 2.75) is 11.9 Å². The predicted octanol–water partition coefficient (Wildman–Crippen LogP) is 5.73. The Balaban J connectivity index is 1.72. The smallest absolute Gasteiger partial charge is 0.342 e. The maximum absolute atomic E-state index is 12.4. The topological polar surface area (TPSA) is 35.5 Å². The normalized spacial score (nSPS) is 10.3. The summed E-state index contributed by atoms with van der Waals surface area (Å²) in [4.78, 5) is 12.4. The van der Waals surface area contributed by atoms with Crippen molar-refractivity contribution in [2.24, 2.45) is 0 Å². The number of carbonyl (C=O) groups excluding carboxylic acids is 1. The van der Waals surface area contributed by atoms with Gasteiger partial charge in [-0.15, -0.1) is 0 Å². The molecule has 0 fully saturated rings. The van der Waals surface area contributed by atoms with E-state index in [0.717, 1.165) is 16.5 Å². The molecule has 4 heteroatoms. The summed E-state index contributed by atoms with van der Waals surface area (Å²) >= 11 is 3.41. The Bertz CT molecular complexity index is 829. The van der Waals surface area contributed by atoms with Crippen LogP contribution in [0.1, 0.15) is 21.5 Å². The minimum Gasteiger partial charge on any atom is -0.457 e. The van der Waals surface area contributed by atoms with Gasteiger partial charge in [0.2, 0.25) is 0 Å². The van der Waals surface area contributed by atoms with Crippen LogP contribution in [0.4, 0.5) is 0 Å². The van der Waals surface area contributed by atoms with Crippen LogP contribution in [0.15, 0.2) is 78.9 Å². The quantitative estimate of drug-likeness (QED) is 0.394. The monoisotopic (exact) mass is 396 g/mol. The van der Waals surface area contributed by atoms with Gasteiger partial charge in [-0.1, -0.05) is 70.5 Å². The molecule has 3 aromatic carbocycles. The molecule has 0 heterocycles. The van der Waals surface area contributed by atoms with Gasteiger partial charge in [-0.2, -0.15) is 0 Å². The first kappa shape index (κ1) is 17.2. The van der Waals surface area contributed by atoms with Crippen molar-refractivity contribution in [3.8, 4) is 11.5 Å². The first-order valence-electron chi connectivity index (χ1n) is 7.89. The first-order valence-corrected chi connectivity index (χ1v) is 9.01. The molecule has 0 radical (unpaired) electrons. The molecule has 0 atom stereocenters. The molecule has 3 nitrogen and oxygen atoms in total. The van der Waals surface area contributed by atoms with Crippen LogP contribution >= 0.6 is 15.9 Å². The van der Waals surface area contributed by atoms with Gasteiger partial charge in [0.1, 0.15) is 23.7 Å². The van der Waals surface area contributed by atoms with Crippen molar-refractivity contribution in [2.75, 3.05) is 0 Å². The number of halogens is 1. The third-order valence-corrected chi connectivity index (χ3v) is 4.27. The number of ether oxygens (including phenoxy) is 2. The maximum atomic E-state index is 12.4. The average Bonchev–Trinajstić information content (AvgIpc) is 2.68. The van der Waals surface area contributed by atoms with Gasteiger partial charge in [0.15, 0.2) is 0 Å². The van der Waals surface area contributed by atoms with E-state index in [1.165, 1.54) is 0 Å². The highest BCUT2D eigenvalue weighted by molar-refractivity contribution is 9.08. The fourth-order valence-electron chi connectivity index (χ4n) is 2.30. The molecule has 0 N–H and O–H groups in total. The number of rotatable bonds is 6. The summed E-state index contributed by atoms with van der Waals surface area (Å²) in [5.74, 6) is 0.747. The molecule has 3 aromatic rings. The van der Waals surface area contributed by atoms with E-state index in [9.17, 15) is 4.79 Å². The standard InChI is InChI=1S/C21H17BrO3/c22-14-16-10-12-18(13-11-16)25-20-9-5-4-8-19(20)21(23)24-15-17-6-2-1-3-7-17/h1-13H,14-15H2. The molecule has 0 aliphatic heterocycles. The summed E-state index contributed by atoms with van der Waals surface area (Å²) in [6.45, 7) is 0.230. The largest absolute Gasteiger partial charge is 0.457 e. The lowest BCUT2D eigenvalue weighted by molar-refractivity contribution is 0.0470. The molecular weight excluding hydrogens is 380 g/mol. The molecular formula is C21H17BrO3. The van der Waals surface area contributed by atoms with Crippen LogP contribution < -0.4 is 4.74 Å². The Labute approximate surface area is 155 Å². The molecule has 0 saturated heterocycles. The van der Waals surface area contributed by atoms with E-state index in [4.69, 9.17) is 9.47 Å². The average molecular weight is 397 g/mol. The molecule has 0 bridgehead atoms. The molecule has 0 aliphatic rings. The number of hydrogen-bond donors (Lipinski definition) is 0. The van der Waals surface area contributed by atoms with Crippen molar-refractivity contribution in [3.05, 3.63) is 95.6 Å². The maximum Gasteiger partial charge on any atom is 0.342 e. The summed E-state index contributed by atoms with van der Waals surface area (Å²) in [5.41, 5.74) is 2.51. The van der Waals surface area contributed by atoms with Gasteiger partial charge >= 0.3 is 5.97 Å². The van der Waals surface area contributed by atoms with Crippen LogP contribution in [0.25, 0.3) is 0 Å². The van der Waals surface area contributed by atoms with Crippen molar-refractivity contribution in [3.63, 3.8) is 0 Å². The van der Waals surface area contributed by atoms with E-state index < -0.39 is 5.97 Å². The Kier molecular flexibility index (Phi) is 5.86. The molecule has 0 aliphatic carbocycles. The number of benzene rings is 3. The highest BCUT2D eigenvalue weighted by Crippen LogP contribution is 2.26. The minimum absolute atomic E-state index is 0.230. The summed E-state index contributed by atoms with van der Waals surface area (Å²) < 4.78 is 11.3. The van der Waals surface area contributed by atoms with Gasteiger partial charge in [-0.3, -0.25) is 0 Å². The number of esters is 1. The molecule has 126 valence electrons. The highest BCUT2D eigenvalue weighted by Gasteiger charge is 2.14. The highest BCUT2D eigenvalue weighted by atomic mass is 79.9. The zero-order valence-electron chi connectivity index (χ0n) is 13.5. The van der Waals surface area contributed by atoms with Crippen molar-refractivity contribution < 1.29 is 14.3 Å². The van der Waals surface area contributed by atoms with Gasteiger partial charge in [0.25, 0.3) is 0 Å². The molecule has 0 unspecified atom stereocenters. The van der Waals surface area contributed by atoms with E-state index in [1.807, 2.05) is 60.7 Å². The van der Waals surface area contributed by atoms with Gasteiger partial charge in [-0.25, -0.2) is 4.79 Å². The van der Waals surface area contributed by atoms with Gasteiger partial charge in [0.05, 0.1) is 0 Å². The Hall–Kier alpha value is -2.59. The van der Waals surface area contributed by atoms with Crippen LogP contribution in [0.2, 0.25) is 0 Å². The number of hydrogen-bond acceptors (Lipinski definition) is 3. The third-order valence-electron chi connectivity index (χ3n) is 3.63. The van der Waals surface area contributed by atoms with Crippen molar-refractivity contribution in [1.82, 2.24) is 0 Å². The molecule has 25 heavy (non-hydrogen) atoms. The van der Waals surface area contributed by atoms with Crippen LogP contribution in [-0.2, 0) is 16.7 Å². The summed E-state index contributed by atoms with van der Waals surface area (Å²) in [7, 11) is 0. The third kappa shape index (κ3) is 4.70. The Morgan fingerprint density at radius 2 is 1.48 bits per heavy atom. The van der Waals surface area contributed by atoms with Gasteiger partial charge in [-0.05, 0) is 35.4 Å². The minimum atomic E-state index is -0.406. The molecule has 0 spiro atoms. The number of alkyl halides is 1. The van der Waals surface area contributed by atoms with Crippen LogP contribution in [0.3, 0.4) is 0 Å². The fourth-order valence-corrected chi connectivity index (χ4v) is 2.67. The number of para-hydroxylation sites is 1. The van der Waals surface area contributed by atoms with E-state index in [1.54, 1.807) is 18.2 Å². The van der Waals surface area contributed by atoms with E-state index in [2.05, 4.69) is 15.9 Å². The zero-order valence-corrected chi connectivity index (χ0v) is 15.1. The predicted molar refractivity (Wildman–Crippen MR) is 101 cm³/mol. The second kappa shape index (κ2) is 8.49. The van der Waals surface area contributed by atoms with E-state index >= 15 is 0 Å². The second-order valence-electron chi connectivity index (χ2n) is 5.44. The molecule has 0 amide bonds. The van der Waals surface area contributed by atoms with Gasteiger partial charge in [0, 0.05) is 5.33 Å². The van der Waals surface area contributed by atoms with Crippen molar-refractivity contribution in [1.29, 1.82) is 0 Å². The summed E-state index contributed by atoms with van der Waals surface area (Å²) in [6, 6.07) is 24.4. The Morgan fingerprint density at radius 1 is 0.800 bits per heavy atom. The summed E-state index contributed by atoms with van der Waals surface area (Å²) in [6.07, 6.45) is 0. The lowest BCUT2D eigenvalue weighted by Gasteiger charge is -2.11. The van der Waals surface area contributed by atoms with E-state index in [0.29, 0.717) is 17.1 Å². The molecule has 0 aromatic heterocycles. The van der Waals surface area contributed by atoms with Crippen molar-refractivity contribution >= 4 is 21.9 Å². The SMILES string of the molecule is O=C(OCc1ccccc1)c1ccccc1Oc1ccc(CBr)cc1. The molecule has 3 rings (SSSR count). The van der Waals surface area contributed by atoms with Crippen LogP contribution in [-0.4, -0.2) is 5.97 Å². The van der Waals surface area contributed by atoms with Gasteiger partial charge < -0.3 is 9.47 Å². The Morgan fingerprint density at radius 3 is 2.20 bits per heavy atom. The zero-order chi connectivity index (χ0) is 17.5.